The lowest BCUT2D eigenvalue weighted by molar-refractivity contribution is 0.580. The molecule has 4 nitrogen and oxygen atoms in total. The zero-order chi connectivity index (χ0) is 15.6. The summed E-state index contributed by atoms with van der Waals surface area (Å²) in [7, 11) is 0. The Morgan fingerprint density at radius 1 is 1.19 bits per heavy atom. The van der Waals surface area contributed by atoms with Gasteiger partial charge in [-0.05, 0) is 29.9 Å². The molecule has 0 aliphatic rings. The summed E-state index contributed by atoms with van der Waals surface area (Å²) in [5, 5.41) is 8.73. The molecule has 1 aromatic carbocycles. The molecule has 21 heavy (non-hydrogen) atoms. The van der Waals surface area contributed by atoms with Crippen LogP contribution in [0.5, 0.6) is 0 Å². The van der Waals surface area contributed by atoms with E-state index in [9.17, 15) is 0 Å². The lowest BCUT2D eigenvalue weighted by Gasteiger charge is -2.23. The van der Waals surface area contributed by atoms with Crippen LogP contribution in [0.1, 0.15) is 64.0 Å². The molecule has 0 fully saturated rings. The summed E-state index contributed by atoms with van der Waals surface area (Å²) in [5.74, 6) is 0. The number of nitrogens with zero attached hydrogens (tertiary/aromatic N) is 3. The van der Waals surface area contributed by atoms with E-state index >= 15 is 0 Å². The molecule has 1 atom stereocenters. The normalized spacial score (nSPS) is 13.4. The van der Waals surface area contributed by atoms with E-state index in [0.717, 1.165) is 29.9 Å². The van der Waals surface area contributed by atoms with Crippen molar-refractivity contribution in [2.75, 3.05) is 0 Å². The van der Waals surface area contributed by atoms with Gasteiger partial charge < -0.3 is 5.73 Å². The van der Waals surface area contributed by atoms with Crippen molar-refractivity contribution < 1.29 is 0 Å². The van der Waals surface area contributed by atoms with Crippen molar-refractivity contribution in [2.24, 2.45) is 5.73 Å². The molecule has 2 N–H and O–H groups in total. The second-order valence-corrected chi connectivity index (χ2v) is 6.47. The van der Waals surface area contributed by atoms with Gasteiger partial charge in [0.1, 0.15) is 5.69 Å². The molecule has 0 spiro atoms. The van der Waals surface area contributed by atoms with Crippen LogP contribution in [0.2, 0.25) is 0 Å². The number of aromatic nitrogens is 3. The first-order chi connectivity index (χ1) is 9.90. The number of hydrogen-bond acceptors (Lipinski definition) is 3. The molecular formula is C17H26N4. The van der Waals surface area contributed by atoms with Crippen LogP contribution in [0.25, 0.3) is 5.69 Å². The molecule has 0 bridgehead atoms. The van der Waals surface area contributed by atoms with Crippen molar-refractivity contribution in [2.45, 2.75) is 58.9 Å². The van der Waals surface area contributed by atoms with E-state index in [0.29, 0.717) is 0 Å². The van der Waals surface area contributed by atoms with Gasteiger partial charge in [0, 0.05) is 0 Å². The summed E-state index contributed by atoms with van der Waals surface area (Å²) in [4.78, 5) is 0. The summed E-state index contributed by atoms with van der Waals surface area (Å²) < 4.78 is 1.96. The van der Waals surface area contributed by atoms with Gasteiger partial charge in [0.15, 0.2) is 0 Å². The molecule has 0 amide bonds. The van der Waals surface area contributed by atoms with Crippen molar-refractivity contribution in [3.8, 4) is 5.69 Å². The standard InChI is InChI=1S/C17H26N4/c1-6-13(18)16-14(7-2)21(20-19-16)15-11-9-8-10-12(15)17(3,4)5/h8-11,13H,6-7,18H2,1-5H3. The first-order valence-electron chi connectivity index (χ1n) is 7.70. The number of benzene rings is 1. The van der Waals surface area contributed by atoms with Gasteiger partial charge >= 0.3 is 0 Å². The topological polar surface area (TPSA) is 56.7 Å². The van der Waals surface area contributed by atoms with Gasteiger partial charge in [-0.25, -0.2) is 4.68 Å². The molecule has 0 saturated heterocycles. The average molecular weight is 286 g/mol. The maximum Gasteiger partial charge on any atom is 0.103 e. The van der Waals surface area contributed by atoms with E-state index in [1.807, 2.05) is 10.7 Å². The zero-order valence-corrected chi connectivity index (χ0v) is 13.7. The molecular weight excluding hydrogens is 260 g/mol. The van der Waals surface area contributed by atoms with Gasteiger partial charge in [0.2, 0.25) is 0 Å². The maximum atomic E-state index is 6.17. The minimum absolute atomic E-state index is 0.0458. The zero-order valence-electron chi connectivity index (χ0n) is 13.7. The monoisotopic (exact) mass is 286 g/mol. The van der Waals surface area contributed by atoms with Crippen LogP contribution in [-0.4, -0.2) is 15.0 Å². The third kappa shape index (κ3) is 3.00. The lowest BCUT2D eigenvalue weighted by atomic mass is 9.86. The van der Waals surface area contributed by atoms with Crippen molar-refractivity contribution in [3.05, 3.63) is 41.2 Å². The van der Waals surface area contributed by atoms with Crippen LogP contribution < -0.4 is 5.73 Å². The number of para-hydroxylation sites is 1. The molecule has 2 rings (SSSR count). The second kappa shape index (κ2) is 5.98. The van der Waals surface area contributed by atoms with Gasteiger partial charge in [-0.1, -0.05) is 58.0 Å². The quantitative estimate of drug-likeness (QED) is 0.935. The Balaban J connectivity index is 2.61. The van der Waals surface area contributed by atoms with E-state index in [1.165, 1.54) is 5.56 Å². The molecule has 1 heterocycles. The Labute approximate surface area is 127 Å². The smallest absolute Gasteiger partial charge is 0.103 e. The fraction of sp³-hybridized carbons (Fsp3) is 0.529. The van der Waals surface area contributed by atoms with Crippen LogP contribution in [-0.2, 0) is 11.8 Å². The molecule has 0 saturated carbocycles. The first-order valence-corrected chi connectivity index (χ1v) is 7.70. The van der Waals surface area contributed by atoms with E-state index < -0.39 is 0 Å². The second-order valence-electron chi connectivity index (χ2n) is 6.47. The maximum absolute atomic E-state index is 6.17. The predicted octanol–water partition coefficient (Wildman–Crippen LogP) is 3.54. The molecule has 114 valence electrons. The molecule has 1 aromatic heterocycles. The van der Waals surface area contributed by atoms with Crippen LogP contribution in [0, 0.1) is 0 Å². The third-order valence-corrected chi connectivity index (χ3v) is 3.86. The van der Waals surface area contributed by atoms with Crippen molar-refractivity contribution in [3.63, 3.8) is 0 Å². The molecule has 2 aromatic rings. The highest BCUT2D eigenvalue weighted by Crippen LogP contribution is 2.29. The molecule has 4 heteroatoms. The van der Waals surface area contributed by atoms with E-state index in [1.54, 1.807) is 0 Å². The third-order valence-electron chi connectivity index (χ3n) is 3.86. The highest BCUT2D eigenvalue weighted by atomic mass is 15.4. The highest BCUT2D eigenvalue weighted by Gasteiger charge is 2.23. The van der Waals surface area contributed by atoms with Gasteiger partial charge in [-0.15, -0.1) is 5.10 Å². The number of nitrogens with two attached hydrogens (primary N) is 1. The minimum atomic E-state index is -0.0458. The molecule has 1 unspecified atom stereocenters. The minimum Gasteiger partial charge on any atom is -0.323 e. The van der Waals surface area contributed by atoms with Crippen molar-refractivity contribution in [1.29, 1.82) is 0 Å². The first kappa shape index (κ1) is 15.7. The summed E-state index contributed by atoms with van der Waals surface area (Å²) >= 11 is 0. The van der Waals surface area contributed by atoms with Gasteiger partial charge in [-0.2, -0.15) is 0 Å². The fourth-order valence-electron chi connectivity index (χ4n) is 2.61. The van der Waals surface area contributed by atoms with Crippen LogP contribution in [0.4, 0.5) is 0 Å². The van der Waals surface area contributed by atoms with Crippen molar-refractivity contribution >= 4 is 0 Å². The molecule has 0 aliphatic heterocycles. The number of hydrogen-bond donors (Lipinski definition) is 1. The Hall–Kier alpha value is -1.68. The van der Waals surface area contributed by atoms with Crippen LogP contribution in [0.3, 0.4) is 0 Å². The van der Waals surface area contributed by atoms with Crippen LogP contribution >= 0.6 is 0 Å². The van der Waals surface area contributed by atoms with E-state index in [4.69, 9.17) is 5.73 Å². The van der Waals surface area contributed by atoms with Gasteiger partial charge in [-0.3, -0.25) is 0 Å². The summed E-state index contributed by atoms with van der Waals surface area (Å²) in [6.07, 6.45) is 1.74. The fourth-order valence-corrected chi connectivity index (χ4v) is 2.61. The summed E-state index contributed by atoms with van der Waals surface area (Å²) in [6, 6.07) is 8.35. The van der Waals surface area contributed by atoms with Gasteiger partial charge in [0.05, 0.1) is 17.4 Å². The van der Waals surface area contributed by atoms with Crippen LogP contribution in [0.15, 0.2) is 24.3 Å². The Morgan fingerprint density at radius 2 is 1.86 bits per heavy atom. The average Bonchev–Trinajstić information content (AvgIpc) is 2.89. The Bertz CT molecular complexity index is 607. The predicted molar refractivity (Wildman–Crippen MR) is 86.7 cm³/mol. The van der Waals surface area contributed by atoms with E-state index in [-0.39, 0.29) is 11.5 Å². The van der Waals surface area contributed by atoms with E-state index in [2.05, 4.69) is 63.1 Å². The Kier molecular flexibility index (Phi) is 4.47. The summed E-state index contributed by atoms with van der Waals surface area (Å²) in [5.41, 5.74) is 10.6. The van der Waals surface area contributed by atoms with Crippen molar-refractivity contribution in [1.82, 2.24) is 15.0 Å². The van der Waals surface area contributed by atoms with Gasteiger partial charge in [0.25, 0.3) is 0 Å². The SMILES string of the molecule is CCc1c(C(N)CC)nnn1-c1ccccc1C(C)(C)C. The number of rotatable bonds is 4. The molecule has 0 radical (unpaired) electrons. The molecule has 0 aliphatic carbocycles. The summed E-state index contributed by atoms with van der Waals surface area (Å²) in [6.45, 7) is 10.8. The largest absolute Gasteiger partial charge is 0.323 e. The Morgan fingerprint density at radius 3 is 2.43 bits per heavy atom. The lowest BCUT2D eigenvalue weighted by Crippen LogP contribution is -2.17. The highest BCUT2D eigenvalue weighted by molar-refractivity contribution is 5.45.